The highest BCUT2D eigenvalue weighted by Crippen LogP contribution is 2.30. The van der Waals surface area contributed by atoms with E-state index in [-0.39, 0.29) is 0 Å². The number of pyridine rings is 1. The summed E-state index contributed by atoms with van der Waals surface area (Å²) in [6.07, 6.45) is 3.80. The summed E-state index contributed by atoms with van der Waals surface area (Å²) in [5.74, 6) is 1.57. The van der Waals surface area contributed by atoms with Crippen molar-refractivity contribution in [3.8, 4) is 17.1 Å². The Balaban J connectivity index is 2.20. The van der Waals surface area contributed by atoms with Gasteiger partial charge in [-0.1, -0.05) is 17.7 Å². The highest BCUT2D eigenvalue weighted by molar-refractivity contribution is 6.33. The Morgan fingerprint density at radius 1 is 1.22 bits per heavy atom. The second kappa shape index (κ2) is 4.35. The van der Waals surface area contributed by atoms with Crippen molar-refractivity contribution in [3.63, 3.8) is 0 Å². The molecule has 90 valence electrons. The lowest BCUT2D eigenvalue weighted by molar-refractivity contribution is 0.415. The number of aromatic nitrogens is 2. The fourth-order valence-electron chi connectivity index (χ4n) is 1.95. The highest BCUT2D eigenvalue weighted by atomic mass is 35.5. The van der Waals surface area contributed by atoms with Crippen LogP contribution in [-0.2, 0) is 0 Å². The third kappa shape index (κ3) is 1.73. The molecule has 4 heteroatoms. The highest BCUT2D eigenvalue weighted by Gasteiger charge is 2.10. The Labute approximate surface area is 110 Å². The lowest BCUT2D eigenvalue weighted by atomic mass is 10.2. The number of benzene rings is 1. The SMILES string of the molecule is COc1ccc(-c2ncc3ccccn23)c(Cl)c1. The molecular formula is C14H11ClN2O. The number of hydrogen-bond acceptors (Lipinski definition) is 2. The lowest BCUT2D eigenvalue weighted by Gasteiger charge is -2.06. The van der Waals surface area contributed by atoms with E-state index in [9.17, 15) is 0 Å². The van der Waals surface area contributed by atoms with E-state index in [1.807, 2.05) is 47.1 Å². The fraction of sp³-hybridized carbons (Fsp3) is 0.0714. The molecule has 3 nitrogen and oxygen atoms in total. The van der Waals surface area contributed by atoms with E-state index < -0.39 is 0 Å². The standard InChI is InChI=1S/C14H11ClN2O/c1-18-11-5-6-12(13(15)8-11)14-16-9-10-4-2-3-7-17(10)14/h2-9H,1H3. The summed E-state index contributed by atoms with van der Waals surface area (Å²) in [5.41, 5.74) is 1.93. The van der Waals surface area contributed by atoms with Gasteiger partial charge in [-0.05, 0) is 30.3 Å². The van der Waals surface area contributed by atoms with Crippen LogP contribution in [0, 0.1) is 0 Å². The van der Waals surface area contributed by atoms with Gasteiger partial charge < -0.3 is 4.74 Å². The molecule has 2 heterocycles. The number of methoxy groups -OCH3 is 1. The van der Waals surface area contributed by atoms with Crippen LogP contribution in [0.15, 0.2) is 48.8 Å². The summed E-state index contributed by atoms with van der Waals surface area (Å²) in [7, 11) is 1.62. The molecule has 0 saturated heterocycles. The number of rotatable bonds is 2. The van der Waals surface area contributed by atoms with Gasteiger partial charge in [-0.2, -0.15) is 0 Å². The van der Waals surface area contributed by atoms with Crippen molar-refractivity contribution in [3.05, 3.63) is 53.8 Å². The van der Waals surface area contributed by atoms with Crippen LogP contribution in [0.3, 0.4) is 0 Å². The first-order valence-electron chi connectivity index (χ1n) is 5.55. The van der Waals surface area contributed by atoms with Crippen LogP contribution in [-0.4, -0.2) is 16.5 Å². The van der Waals surface area contributed by atoms with E-state index in [4.69, 9.17) is 16.3 Å². The first kappa shape index (κ1) is 11.1. The van der Waals surface area contributed by atoms with Crippen molar-refractivity contribution in [1.82, 2.24) is 9.38 Å². The predicted octanol–water partition coefficient (Wildman–Crippen LogP) is 3.66. The smallest absolute Gasteiger partial charge is 0.145 e. The minimum Gasteiger partial charge on any atom is -0.497 e. The number of ether oxygens (including phenoxy) is 1. The molecule has 0 spiro atoms. The first-order chi connectivity index (χ1) is 8.79. The second-order valence-corrected chi connectivity index (χ2v) is 4.33. The Kier molecular flexibility index (Phi) is 2.68. The largest absolute Gasteiger partial charge is 0.497 e. The van der Waals surface area contributed by atoms with Crippen LogP contribution in [0.4, 0.5) is 0 Å². The molecule has 0 aliphatic carbocycles. The van der Waals surface area contributed by atoms with E-state index in [0.29, 0.717) is 5.02 Å². The Morgan fingerprint density at radius 3 is 2.89 bits per heavy atom. The zero-order chi connectivity index (χ0) is 12.5. The lowest BCUT2D eigenvalue weighted by Crippen LogP contribution is -1.90. The van der Waals surface area contributed by atoms with Gasteiger partial charge in [0, 0.05) is 11.8 Å². The average Bonchev–Trinajstić information content (AvgIpc) is 2.82. The molecule has 18 heavy (non-hydrogen) atoms. The second-order valence-electron chi connectivity index (χ2n) is 3.92. The summed E-state index contributed by atoms with van der Waals surface area (Å²) in [5, 5.41) is 0.630. The average molecular weight is 259 g/mol. The van der Waals surface area contributed by atoms with Gasteiger partial charge in [0.15, 0.2) is 0 Å². The number of imidazole rings is 1. The molecule has 3 rings (SSSR count). The zero-order valence-electron chi connectivity index (χ0n) is 9.80. The molecule has 0 aliphatic rings. The quantitative estimate of drug-likeness (QED) is 0.701. The maximum absolute atomic E-state index is 6.27. The van der Waals surface area contributed by atoms with Crippen LogP contribution in [0.5, 0.6) is 5.75 Å². The normalized spacial score (nSPS) is 10.8. The topological polar surface area (TPSA) is 26.5 Å². The molecule has 3 aromatic rings. The van der Waals surface area contributed by atoms with E-state index in [1.165, 1.54) is 0 Å². The Morgan fingerprint density at radius 2 is 2.11 bits per heavy atom. The monoisotopic (exact) mass is 258 g/mol. The van der Waals surface area contributed by atoms with Crippen LogP contribution in [0.2, 0.25) is 5.02 Å². The van der Waals surface area contributed by atoms with Crippen LogP contribution in [0.25, 0.3) is 16.9 Å². The molecule has 0 N–H and O–H groups in total. The van der Waals surface area contributed by atoms with Crippen molar-refractivity contribution >= 4 is 17.1 Å². The van der Waals surface area contributed by atoms with Gasteiger partial charge in [0.2, 0.25) is 0 Å². The molecule has 0 atom stereocenters. The van der Waals surface area contributed by atoms with Crippen LogP contribution in [0.1, 0.15) is 0 Å². The predicted molar refractivity (Wildman–Crippen MR) is 72.2 cm³/mol. The summed E-state index contributed by atoms with van der Waals surface area (Å²) >= 11 is 6.27. The van der Waals surface area contributed by atoms with Gasteiger partial charge in [0.1, 0.15) is 11.6 Å². The van der Waals surface area contributed by atoms with Gasteiger partial charge >= 0.3 is 0 Å². The summed E-state index contributed by atoms with van der Waals surface area (Å²) < 4.78 is 7.15. The Bertz CT molecular complexity index is 706. The fourth-order valence-corrected chi connectivity index (χ4v) is 2.20. The maximum Gasteiger partial charge on any atom is 0.145 e. The Hall–Kier alpha value is -2.00. The van der Waals surface area contributed by atoms with Crippen molar-refractivity contribution in [1.29, 1.82) is 0 Å². The summed E-state index contributed by atoms with van der Waals surface area (Å²) in [4.78, 5) is 4.42. The number of halogens is 1. The summed E-state index contributed by atoms with van der Waals surface area (Å²) in [6, 6.07) is 11.6. The van der Waals surface area contributed by atoms with Gasteiger partial charge in [-0.15, -0.1) is 0 Å². The third-order valence-electron chi connectivity index (χ3n) is 2.86. The molecule has 0 saturated carbocycles. The van der Waals surface area contributed by atoms with E-state index >= 15 is 0 Å². The third-order valence-corrected chi connectivity index (χ3v) is 3.17. The van der Waals surface area contributed by atoms with Crippen molar-refractivity contribution in [2.24, 2.45) is 0 Å². The van der Waals surface area contributed by atoms with Gasteiger partial charge in [-0.3, -0.25) is 4.40 Å². The zero-order valence-corrected chi connectivity index (χ0v) is 10.6. The van der Waals surface area contributed by atoms with E-state index in [1.54, 1.807) is 13.2 Å². The first-order valence-corrected chi connectivity index (χ1v) is 5.93. The molecule has 1 aromatic carbocycles. The molecular weight excluding hydrogens is 248 g/mol. The van der Waals surface area contributed by atoms with Crippen molar-refractivity contribution < 1.29 is 4.74 Å². The van der Waals surface area contributed by atoms with Gasteiger partial charge in [-0.25, -0.2) is 4.98 Å². The maximum atomic E-state index is 6.27. The van der Waals surface area contributed by atoms with E-state index in [2.05, 4.69) is 4.98 Å². The van der Waals surface area contributed by atoms with Crippen molar-refractivity contribution in [2.75, 3.05) is 7.11 Å². The van der Waals surface area contributed by atoms with Gasteiger partial charge in [0.25, 0.3) is 0 Å². The van der Waals surface area contributed by atoms with E-state index in [0.717, 1.165) is 22.7 Å². The molecule has 2 aromatic heterocycles. The molecule has 0 amide bonds. The molecule has 0 aliphatic heterocycles. The number of fused-ring (bicyclic) bond motifs is 1. The van der Waals surface area contributed by atoms with Crippen LogP contribution >= 0.6 is 11.6 Å². The summed E-state index contributed by atoms with van der Waals surface area (Å²) in [6.45, 7) is 0. The minimum absolute atomic E-state index is 0.630. The molecule has 0 fully saturated rings. The van der Waals surface area contributed by atoms with Crippen molar-refractivity contribution in [2.45, 2.75) is 0 Å². The number of hydrogen-bond donors (Lipinski definition) is 0. The number of nitrogens with zero attached hydrogens (tertiary/aromatic N) is 2. The van der Waals surface area contributed by atoms with Crippen LogP contribution < -0.4 is 4.74 Å². The van der Waals surface area contributed by atoms with Gasteiger partial charge in [0.05, 0.1) is 23.8 Å². The molecule has 0 unspecified atom stereocenters. The molecule has 0 radical (unpaired) electrons. The molecule has 0 bridgehead atoms. The minimum atomic E-state index is 0.630.